The summed E-state index contributed by atoms with van der Waals surface area (Å²) >= 11 is 0. The number of nitrogens with two attached hydrogens (primary N) is 2. The average Bonchev–Trinajstić information content (AvgIpc) is 3.17. The first kappa shape index (κ1) is 30.8. The molecule has 0 aromatic heterocycles. The molecule has 0 spiro atoms. The second kappa shape index (κ2) is 13.6. The van der Waals surface area contributed by atoms with Crippen molar-refractivity contribution in [2.24, 2.45) is 28.3 Å². The number of rotatable bonds is 12. The van der Waals surface area contributed by atoms with Gasteiger partial charge >= 0.3 is 6.09 Å². The van der Waals surface area contributed by atoms with Crippen molar-refractivity contribution >= 4 is 23.9 Å². The van der Waals surface area contributed by atoms with E-state index < -0.39 is 29.6 Å². The van der Waals surface area contributed by atoms with E-state index in [1.807, 2.05) is 74.5 Å². The van der Waals surface area contributed by atoms with Crippen molar-refractivity contribution < 1.29 is 19.1 Å². The number of ether oxygens (including phenoxy) is 1. The fourth-order valence-corrected chi connectivity index (χ4v) is 5.43. The largest absolute Gasteiger partial charge is 0.452 e. The minimum Gasteiger partial charge on any atom is -0.452 e. The number of carbonyl (C=O) groups is 3. The number of amides is 3. The van der Waals surface area contributed by atoms with E-state index in [-0.39, 0.29) is 23.7 Å². The highest BCUT2D eigenvalue weighted by Crippen LogP contribution is 2.38. The molecule has 0 saturated heterocycles. The maximum absolute atomic E-state index is 13.8. The molecule has 1 heterocycles. The van der Waals surface area contributed by atoms with Crippen molar-refractivity contribution in [3.05, 3.63) is 71.8 Å². The third-order valence-electron chi connectivity index (χ3n) is 7.34. The standard InChI is InChI=1S/C31H43N5O4/c1-21(2)20-31(24-15-10-7-11-16-24)28(38)35(29(33)34-31)18-12-17-26(22(3)4)36(30(39)40-5)27(37)25(32)19-23-13-8-6-9-14-23/h6-11,13-16,21-22,25-26H,12,17-20,32H2,1-5H3,(H2,33,34)/t25-,26+,31+/m0/s1. The zero-order chi connectivity index (χ0) is 29.4. The third kappa shape index (κ3) is 6.88. The van der Waals surface area contributed by atoms with Gasteiger partial charge in [-0.15, -0.1) is 0 Å². The van der Waals surface area contributed by atoms with Gasteiger partial charge in [-0.2, -0.15) is 0 Å². The summed E-state index contributed by atoms with van der Waals surface area (Å²) < 4.78 is 5.00. The summed E-state index contributed by atoms with van der Waals surface area (Å²) in [6, 6.07) is 17.6. The van der Waals surface area contributed by atoms with Crippen LogP contribution in [-0.4, -0.2) is 59.4 Å². The number of nitrogens with zero attached hydrogens (tertiary/aromatic N) is 3. The molecule has 0 unspecified atom stereocenters. The van der Waals surface area contributed by atoms with Crippen LogP contribution in [0.1, 0.15) is 58.1 Å². The number of aliphatic imine (C=N–C) groups is 1. The summed E-state index contributed by atoms with van der Waals surface area (Å²) in [4.78, 5) is 47.5. The van der Waals surface area contributed by atoms with Crippen molar-refractivity contribution in [3.8, 4) is 0 Å². The lowest BCUT2D eigenvalue weighted by Gasteiger charge is -2.34. The van der Waals surface area contributed by atoms with Crippen LogP contribution in [0.4, 0.5) is 4.79 Å². The Morgan fingerprint density at radius 1 is 1.02 bits per heavy atom. The highest BCUT2D eigenvalue weighted by atomic mass is 16.5. The third-order valence-corrected chi connectivity index (χ3v) is 7.34. The highest BCUT2D eigenvalue weighted by molar-refractivity contribution is 6.07. The summed E-state index contributed by atoms with van der Waals surface area (Å²) in [7, 11) is 1.25. The molecule has 9 heteroatoms. The molecule has 9 nitrogen and oxygen atoms in total. The molecule has 2 aromatic carbocycles. The van der Waals surface area contributed by atoms with E-state index in [1.165, 1.54) is 12.0 Å². The van der Waals surface area contributed by atoms with Gasteiger partial charge in [0.1, 0.15) is 0 Å². The summed E-state index contributed by atoms with van der Waals surface area (Å²) in [5, 5.41) is 0. The van der Waals surface area contributed by atoms with Crippen LogP contribution in [0.15, 0.2) is 65.7 Å². The lowest BCUT2D eigenvalue weighted by atomic mass is 9.82. The first-order valence-electron chi connectivity index (χ1n) is 13.9. The SMILES string of the molecule is COC(=O)N(C(=O)[C@@H](N)Cc1ccccc1)[C@H](CCCN1C(=O)[C@@](CC(C)C)(c2ccccc2)N=C1N)C(C)C. The van der Waals surface area contributed by atoms with Gasteiger partial charge in [-0.05, 0) is 48.6 Å². The molecule has 0 bridgehead atoms. The zero-order valence-electron chi connectivity index (χ0n) is 24.2. The Labute approximate surface area is 237 Å². The molecule has 3 amide bonds. The normalized spacial score (nSPS) is 18.6. The molecular weight excluding hydrogens is 506 g/mol. The smallest absolute Gasteiger partial charge is 0.416 e. The van der Waals surface area contributed by atoms with Gasteiger partial charge in [0.15, 0.2) is 11.5 Å². The lowest BCUT2D eigenvalue weighted by molar-refractivity contribution is -0.134. The molecular formula is C31H43N5O4. The topological polar surface area (TPSA) is 131 Å². The van der Waals surface area contributed by atoms with Crippen LogP contribution in [0.25, 0.3) is 0 Å². The number of benzene rings is 2. The molecule has 0 saturated carbocycles. The second-order valence-electron chi connectivity index (χ2n) is 11.2. The first-order chi connectivity index (χ1) is 19.0. The average molecular weight is 550 g/mol. The van der Waals surface area contributed by atoms with Crippen molar-refractivity contribution in [1.82, 2.24) is 9.80 Å². The van der Waals surface area contributed by atoms with Crippen molar-refractivity contribution in [2.75, 3.05) is 13.7 Å². The zero-order valence-corrected chi connectivity index (χ0v) is 24.2. The fourth-order valence-electron chi connectivity index (χ4n) is 5.43. The molecule has 2 aromatic rings. The number of hydrogen-bond donors (Lipinski definition) is 2. The summed E-state index contributed by atoms with van der Waals surface area (Å²) in [6.45, 7) is 8.30. The van der Waals surface area contributed by atoms with E-state index in [4.69, 9.17) is 21.2 Å². The van der Waals surface area contributed by atoms with Crippen LogP contribution in [0.3, 0.4) is 0 Å². The van der Waals surface area contributed by atoms with Gasteiger partial charge in [0, 0.05) is 12.6 Å². The Morgan fingerprint density at radius 2 is 1.62 bits per heavy atom. The van der Waals surface area contributed by atoms with Crippen molar-refractivity contribution in [1.29, 1.82) is 0 Å². The number of carbonyl (C=O) groups excluding carboxylic acids is 3. The quantitative estimate of drug-likeness (QED) is 0.411. The predicted molar refractivity (Wildman–Crippen MR) is 156 cm³/mol. The summed E-state index contributed by atoms with van der Waals surface area (Å²) in [5.74, 6) is -0.326. The molecule has 1 aliphatic rings. The van der Waals surface area contributed by atoms with Gasteiger partial charge in [0.2, 0.25) is 5.91 Å². The van der Waals surface area contributed by atoms with Crippen molar-refractivity contribution in [3.63, 3.8) is 0 Å². The Kier molecular flexibility index (Phi) is 10.5. The van der Waals surface area contributed by atoms with Gasteiger partial charge in [0.05, 0.1) is 13.2 Å². The van der Waals surface area contributed by atoms with Crippen LogP contribution >= 0.6 is 0 Å². The summed E-state index contributed by atoms with van der Waals surface area (Å²) in [5.41, 5.74) is 13.3. The van der Waals surface area contributed by atoms with Gasteiger partial charge < -0.3 is 16.2 Å². The van der Waals surface area contributed by atoms with Crippen LogP contribution < -0.4 is 11.5 Å². The Bertz CT molecular complexity index is 1180. The molecule has 3 atom stereocenters. The first-order valence-corrected chi connectivity index (χ1v) is 13.9. The number of imide groups is 1. The molecule has 0 aliphatic carbocycles. The molecule has 4 N–H and O–H groups in total. The predicted octanol–water partition coefficient (Wildman–Crippen LogP) is 4.05. The molecule has 0 radical (unpaired) electrons. The van der Waals surface area contributed by atoms with Gasteiger partial charge in [0.25, 0.3) is 5.91 Å². The lowest BCUT2D eigenvalue weighted by Crippen LogP contribution is -2.54. The van der Waals surface area contributed by atoms with Crippen LogP contribution in [0.5, 0.6) is 0 Å². The summed E-state index contributed by atoms with van der Waals surface area (Å²) in [6.07, 6.45) is 1.02. The molecule has 1 aliphatic heterocycles. The van der Waals surface area contributed by atoms with Gasteiger partial charge in [-0.25, -0.2) is 14.7 Å². The van der Waals surface area contributed by atoms with Crippen LogP contribution in [-0.2, 0) is 26.3 Å². The van der Waals surface area contributed by atoms with E-state index in [0.717, 1.165) is 16.0 Å². The van der Waals surface area contributed by atoms with E-state index >= 15 is 0 Å². The van der Waals surface area contributed by atoms with E-state index in [2.05, 4.69) is 13.8 Å². The number of methoxy groups -OCH3 is 1. The minimum absolute atomic E-state index is 0.0726. The maximum Gasteiger partial charge on any atom is 0.416 e. The highest BCUT2D eigenvalue weighted by Gasteiger charge is 2.49. The minimum atomic E-state index is -1.06. The molecule has 0 fully saturated rings. The monoisotopic (exact) mass is 549 g/mol. The fraction of sp³-hybridized carbons (Fsp3) is 0.484. The second-order valence-corrected chi connectivity index (χ2v) is 11.2. The maximum atomic E-state index is 13.8. The van der Waals surface area contributed by atoms with Crippen LogP contribution in [0.2, 0.25) is 0 Å². The van der Waals surface area contributed by atoms with Gasteiger partial charge in [-0.1, -0.05) is 88.4 Å². The molecule has 216 valence electrons. The van der Waals surface area contributed by atoms with Crippen molar-refractivity contribution in [2.45, 2.75) is 71.0 Å². The molecule has 40 heavy (non-hydrogen) atoms. The Balaban J connectivity index is 1.76. The Morgan fingerprint density at radius 3 is 2.17 bits per heavy atom. The van der Waals surface area contributed by atoms with Gasteiger partial charge in [-0.3, -0.25) is 14.5 Å². The number of hydrogen-bond acceptors (Lipinski definition) is 7. The molecule has 3 rings (SSSR count). The van der Waals surface area contributed by atoms with Crippen LogP contribution in [0, 0.1) is 11.8 Å². The van der Waals surface area contributed by atoms with E-state index in [9.17, 15) is 14.4 Å². The van der Waals surface area contributed by atoms with E-state index in [1.54, 1.807) is 0 Å². The Hall–Kier alpha value is -3.72. The van der Waals surface area contributed by atoms with E-state index in [0.29, 0.717) is 32.2 Å². The number of guanidine groups is 1.